The van der Waals surface area contributed by atoms with Gasteiger partial charge in [0.25, 0.3) is 5.82 Å². The molecule has 0 aliphatic carbocycles. The molecule has 0 radical (unpaired) electrons. The van der Waals surface area contributed by atoms with Gasteiger partial charge in [-0.3, -0.25) is 0 Å². The maximum Gasteiger partial charge on any atom is 0.256 e. The molecule has 2 nitrogen and oxygen atoms in total. The molecule has 2 heteroatoms. The van der Waals surface area contributed by atoms with Gasteiger partial charge in [0, 0.05) is 6.42 Å². The Morgan fingerprint density at radius 2 is 1.26 bits per heavy atom. The molecule has 1 aromatic heterocycles. The van der Waals surface area contributed by atoms with Crippen LogP contribution < -0.4 is 4.57 Å². The number of rotatable bonds is 19. The summed E-state index contributed by atoms with van der Waals surface area (Å²) >= 11 is 0. The number of hydrogen-bond donors (Lipinski definition) is 0. The van der Waals surface area contributed by atoms with Gasteiger partial charge in [-0.05, 0) is 37.7 Å². The van der Waals surface area contributed by atoms with E-state index in [4.69, 9.17) is 0 Å². The third-order valence-corrected chi connectivity index (χ3v) is 6.55. The second-order valence-electron chi connectivity index (χ2n) is 9.33. The predicted octanol–water partition coefficient (Wildman–Crippen LogP) is 8.06. The quantitative estimate of drug-likeness (QED) is 0.159. The van der Waals surface area contributed by atoms with E-state index in [0.717, 1.165) is 6.54 Å². The molecule has 0 amide bonds. The molecular weight excluding hydrogens is 376 g/mol. The van der Waals surface area contributed by atoms with E-state index in [9.17, 15) is 0 Å². The Labute approximate surface area is 193 Å². The van der Waals surface area contributed by atoms with Crippen molar-refractivity contribution < 1.29 is 4.57 Å². The van der Waals surface area contributed by atoms with Gasteiger partial charge in [0.05, 0.1) is 13.1 Å². The van der Waals surface area contributed by atoms with E-state index in [1.165, 1.54) is 115 Å². The minimum atomic E-state index is 1.14. The van der Waals surface area contributed by atoms with Crippen LogP contribution in [0.1, 0.15) is 115 Å². The lowest BCUT2D eigenvalue weighted by atomic mass is 10.1. The van der Waals surface area contributed by atoms with Crippen LogP contribution in [0.2, 0.25) is 0 Å². The van der Waals surface area contributed by atoms with Gasteiger partial charge < -0.3 is 0 Å². The summed E-state index contributed by atoms with van der Waals surface area (Å²) in [5, 5.41) is 0. The van der Waals surface area contributed by atoms with Crippen LogP contribution in [-0.4, -0.2) is 4.57 Å². The molecule has 0 aliphatic heterocycles. The fourth-order valence-corrected chi connectivity index (χ4v) is 4.59. The van der Waals surface area contributed by atoms with Gasteiger partial charge in [0.1, 0.15) is 12.4 Å². The van der Waals surface area contributed by atoms with Gasteiger partial charge in [-0.15, -0.1) is 0 Å². The fourth-order valence-electron chi connectivity index (χ4n) is 4.59. The summed E-state index contributed by atoms with van der Waals surface area (Å²) in [6, 6.07) is 10.9. The van der Waals surface area contributed by atoms with E-state index < -0.39 is 0 Å². The Morgan fingerprint density at radius 1 is 0.645 bits per heavy atom. The first-order chi connectivity index (χ1) is 15.3. The first-order valence-corrected chi connectivity index (χ1v) is 13.5. The third-order valence-electron chi connectivity index (χ3n) is 6.55. The Balaban J connectivity index is 1.78. The second kappa shape index (κ2) is 17.0. The zero-order valence-electron chi connectivity index (χ0n) is 20.7. The SMILES string of the molecule is CCCCCCCCCCCc1n(CCCCCC)cc[n+]1CCCc1ccccc1. The van der Waals surface area contributed by atoms with Gasteiger partial charge in [-0.2, -0.15) is 0 Å². The lowest BCUT2D eigenvalue weighted by Gasteiger charge is -2.07. The van der Waals surface area contributed by atoms with Crippen LogP contribution in [0, 0.1) is 0 Å². The number of nitrogens with zero attached hydrogens (tertiary/aromatic N) is 2. The van der Waals surface area contributed by atoms with Crippen molar-refractivity contribution in [3.63, 3.8) is 0 Å². The van der Waals surface area contributed by atoms with Crippen LogP contribution >= 0.6 is 0 Å². The van der Waals surface area contributed by atoms with E-state index >= 15 is 0 Å². The van der Waals surface area contributed by atoms with Crippen LogP contribution in [0.15, 0.2) is 42.7 Å². The Kier molecular flexibility index (Phi) is 14.1. The average molecular weight is 426 g/mol. The van der Waals surface area contributed by atoms with Crippen molar-refractivity contribution in [1.82, 2.24) is 4.57 Å². The molecule has 1 aromatic carbocycles. The summed E-state index contributed by atoms with van der Waals surface area (Å²) in [5.74, 6) is 1.56. The van der Waals surface area contributed by atoms with Crippen molar-refractivity contribution >= 4 is 0 Å². The first-order valence-electron chi connectivity index (χ1n) is 13.5. The molecule has 0 fully saturated rings. The molecule has 31 heavy (non-hydrogen) atoms. The molecule has 1 heterocycles. The molecule has 0 saturated carbocycles. The summed E-state index contributed by atoms with van der Waals surface area (Å²) in [5.41, 5.74) is 1.46. The molecule has 2 aromatic rings. The van der Waals surface area contributed by atoms with Crippen LogP contribution in [0.4, 0.5) is 0 Å². The van der Waals surface area contributed by atoms with Crippen LogP contribution in [0.25, 0.3) is 0 Å². The van der Waals surface area contributed by atoms with Gasteiger partial charge in [-0.1, -0.05) is 108 Å². The van der Waals surface area contributed by atoms with Crippen LogP contribution in [-0.2, 0) is 25.9 Å². The van der Waals surface area contributed by atoms with Crippen molar-refractivity contribution in [2.24, 2.45) is 0 Å². The monoisotopic (exact) mass is 425 g/mol. The highest BCUT2D eigenvalue weighted by Crippen LogP contribution is 2.12. The largest absolute Gasteiger partial charge is 0.256 e. The molecule has 0 unspecified atom stereocenters. The zero-order chi connectivity index (χ0) is 22.0. The van der Waals surface area contributed by atoms with E-state index in [2.05, 4.69) is 65.7 Å². The van der Waals surface area contributed by atoms with E-state index in [0.29, 0.717) is 0 Å². The topological polar surface area (TPSA) is 8.81 Å². The number of aromatic nitrogens is 2. The van der Waals surface area contributed by atoms with E-state index in [-0.39, 0.29) is 0 Å². The minimum Gasteiger partial charge on any atom is -0.234 e. The summed E-state index contributed by atoms with van der Waals surface area (Å²) in [4.78, 5) is 0. The number of hydrogen-bond acceptors (Lipinski definition) is 0. The minimum absolute atomic E-state index is 1.14. The first kappa shape index (κ1) is 25.7. The van der Waals surface area contributed by atoms with E-state index in [1.54, 1.807) is 5.82 Å². The van der Waals surface area contributed by atoms with Gasteiger partial charge in [0.2, 0.25) is 0 Å². The molecular formula is C29H49N2+. The Bertz CT molecular complexity index is 659. The maximum atomic E-state index is 2.56. The third kappa shape index (κ3) is 11.0. The fraction of sp³-hybridized carbons (Fsp3) is 0.690. The van der Waals surface area contributed by atoms with Gasteiger partial charge >= 0.3 is 0 Å². The summed E-state index contributed by atoms with van der Waals surface area (Å²) in [7, 11) is 0. The van der Waals surface area contributed by atoms with Crippen LogP contribution in [0.5, 0.6) is 0 Å². The van der Waals surface area contributed by atoms with Crippen molar-refractivity contribution in [3.8, 4) is 0 Å². The van der Waals surface area contributed by atoms with Crippen LogP contribution in [0.3, 0.4) is 0 Å². The lowest BCUT2D eigenvalue weighted by Crippen LogP contribution is -2.37. The number of benzene rings is 1. The predicted molar refractivity (Wildman–Crippen MR) is 134 cm³/mol. The van der Waals surface area contributed by atoms with Gasteiger partial charge in [-0.25, -0.2) is 9.13 Å². The van der Waals surface area contributed by atoms with Crippen molar-refractivity contribution in [2.45, 2.75) is 130 Å². The Hall–Kier alpha value is -1.57. The Morgan fingerprint density at radius 3 is 1.94 bits per heavy atom. The average Bonchev–Trinajstić information content (AvgIpc) is 3.18. The number of imidazole rings is 1. The summed E-state index contributed by atoms with van der Waals surface area (Å²) in [6.07, 6.45) is 26.3. The molecule has 174 valence electrons. The molecule has 0 aliphatic rings. The highest BCUT2D eigenvalue weighted by molar-refractivity contribution is 5.14. The highest BCUT2D eigenvalue weighted by Gasteiger charge is 2.16. The zero-order valence-corrected chi connectivity index (χ0v) is 20.7. The van der Waals surface area contributed by atoms with E-state index in [1.807, 2.05) is 0 Å². The second-order valence-corrected chi connectivity index (χ2v) is 9.33. The maximum absolute atomic E-state index is 2.56. The highest BCUT2D eigenvalue weighted by atomic mass is 15.1. The van der Waals surface area contributed by atoms with Crippen molar-refractivity contribution in [1.29, 1.82) is 0 Å². The molecule has 0 N–H and O–H groups in total. The number of aryl methyl sites for hydroxylation is 3. The normalized spacial score (nSPS) is 11.3. The molecule has 0 spiro atoms. The molecule has 2 rings (SSSR count). The van der Waals surface area contributed by atoms with Crippen molar-refractivity contribution in [3.05, 3.63) is 54.1 Å². The molecule has 0 atom stereocenters. The summed E-state index contributed by atoms with van der Waals surface area (Å²) in [6.45, 7) is 6.93. The lowest BCUT2D eigenvalue weighted by molar-refractivity contribution is -0.704. The molecule has 0 saturated heterocycles. The number of unbranched alkanes of at least 4 members (excludes halogenated alkanes) is 11. The summed E-state index contributed by atoms with van der Waals surface area (Å²) < 4.78 is 5.11. The van der Waals surface area contributed by atoms with Crippen molar-refractivity contribution in [2.75, 3.05) is 0 Å². The smallest absolute Gasteiger partial charge is 0.234 e. The standard InChI is InChI=1S/C29H49N2/c1-3-5-7-9-10-11-12-13-17-23-29-30(24-18-8-6-4-2)26-27-31(29)25-19-22-28-20-15-14-16-21-28/h14-16,20-21,26-27H,3-13,17-19,22-25H2,1-2H3/q+1. The van der Waals surface area contributed by atoms with Gasteiger partial charge in [0.15, 0.2) is 0 Å². The molecule has 0 bridgehead atoms.